The summed E-state index contributed by atoms with van der Waals surface area (Å²) in [6.07, 6.45) is 4.88. The smallest absolute Gasteiger partial charge is 0.283 e. The predicted molar refractivity (Wildman–Crippen MR) is 114 cm³/mol. The Kier molecular flexibility index (Phi) is 5.99. The molecule has 3 aromatic rings. The number of sulfonamides is 1. The highest BCUT2D eigenvalue weighted by atomic mass is 32.2. The number of nitrogens with one attached hydrogen (secondary N) is 1. The van der Waals surface area contributed by atoms with Crippen LogP contribution in [0.25, 0.3) is 0 Å². The number of nitrogens with zero attached hydrogens (tertiary/aromatic N) is 3. The average Bonchev–Trinajstić information content (AvgIpc) is 3.31. The molecule has 1 N–H and O–H groups in total. The summed E-state index contributed by atoms with van der Waals surface area (Å²) in [7, 11) is -1.53. The topological polar surface area (TPSA) is 122 Å². The number of carbonyl (C=O) groups is 1. The lowest BCUT2D eigenvalue weighted by atomic mass is 10.1. The number of methoxy groups -OCH3 is 2. The van der Waals surface area contributed by atoms with Crippen molar-refractivity contribution in [3.8, 4) is 17.4 Å². The van der Waals surface area contributed by atoms with Crippen LogP contribution >= 0.6 is 0 Å². The summed E-state index contributed by atoms with van der Waals surface area (Å²) < 4.78 is 46.2. The summed E-state index contributed by atoms with van der Waals surface area (Å²) in [5.74, 6) is -0.407. The summed E-state index contributed by atoms with van der Waals surface area (Å²) in [5, 5.41) is 4.13. The first-order valence-corrected chi connectivity index (χ1v) is 11.3. The Morgan fingerprint density at radius 3 is 2.78 bits per heavy atom. The van der Waals surface area contributed by atoms with Gasteiger partial charge in [-0.25, -0.2) is 18.1 Å². The lowest BCUT2D eigenvalue weighted by molar-refractivity contribution is 0.0975. The van der Waals surface area contributed by atoms with Crippen LogP contribution < -0.4 is 18.9 Å². The fourth-order valence-corrected chi connectivity index (χ4v) is 4.78. The van der Waals surface area contributed by atoms with Crippen LogP contribution in [-0.4, -0.2) is 49.9 Å². The van der Waals surface area contributed by atoms with Crippen LogP contribution in [0, 0.1) is 0 Å². The van der Waals surface area contributed by atoms with E-state index in [4.69, 9.17) is 14.2 Å². The Hall–Kier alpha value is -3.60. The summed E-state index contributed by atoms with van der Waals surface area (Å²) in [4.78, 5) is 16.8. The van der Waals surface area contributed by atoms with Crippen molar-refractivity contribution in [1.29, 1.82) is 0 Å². The zero-order valence-corrected chi connectivity index (χ0v) is 18.4. The Labute approximate surface area is 185 Å². The van der Waals surface area contributed by atoms with Gasteiger partial charge in [0.25, 0.3) is 15.9 Å². The summed E-state index contributed by atoms with van der Waals surface area (Å²) in [6.45, 7) is 0.765. The third-order valence-corrected chi connectivity index (χ3v) is 6.34. The van der Waals surface area contributed by atoms with Gasteiger partial charge in [-0.1, -0.05) is 6.07 Å². The van der Waals surface area contributed by atoms with E-state index in [2.05, 4.69) is 14.8 Å². The zero-order valence-electron chi connectivity index (χ0n) is 17.6. The van der Waals surface area contributed by atoms with Crippen molar-refractivity contribution in [3.63, 3.8) is 0 Å². The van der Waals surface area contributed by atoms with E-state index in [1.54, 1.807) is 41.3 Å². The molecule has 168 valence electrons. The maximum atomic E-state index is 13.1. The van der Waals surface area contributed by atoms with Gasteiger partial charge in [-0.2, -0.15) is 5.10 Å². The molecule has 1 aromatic carbocycles. The Morgan fingerprint density at radius 2 is 2.06 bits per heavy atom. The zero-order chi connectivity index (χ0) is 22.7. The van der Waals surface area contributed by atoms with E-state index in [9.17, 15) is 13.2 Å². The SMILES string of the molecule is COc1ccc2c(c1S(=O)(=O)NC(=O)c1ccc(Cn3cccn3)c(OC)n1)OCCC2. The van der Waals surface area contributed by atoms with E-state index in [0.717, 1.165) is 12.0 Å². The molecule has 1 aliphatic rings. The summed E-state index contributed by atoms with van der Waals surface area (Å²) in [6, 6.07) is 8.17. The van der Waals surface area contributed by atoms with Crippen molar-refractivity contribution < 1.29 is 27.4 Å². The molecule has 4 rings (SSSR count). The lowest BCUT2D eigenvalue weighted by Crippen LogP contribution is -2.32. The number of benzene rings is 1. The molecule has 0 fully saturated rings. The van der Waals surface area contributed by atoms with E-state index >= 15 is 0 Å². The molecule has 11 heteroatoms. The number of ether oxygens (including phenoxy) is 3. The molecule has 0 atom stereocenters. The first-order valence-electron chi connectivity index (χ1n) is 9.84. The third-order valence-electron chi connectivity index (χ3n) is 4.97. The molecule has 0 spiro atoms. The van der Waals surface area contributed by atoms with Gasteiger partial charge in [0, 0.05) is 18.0 Å². The molecule has 0 aliphatic carbocycles. The van der Waals surface area contributed by atoms with Crippen LogP contribution in [0.15, 0.2) is 47.6 Å². The van der Waals surface area contributed by atoms with Gasteiger partial charge in [0.1, 0.15) is 17.2 Å². The van der Waals surface area contributed by atoms with Crippen molar-refractivity contribution in [1.82, 2.24) is 19.5 Å². The maximum Gasteiger partial charge on any atom is 0.283 e. The molecule has 3 heterocycles. The Balaban J connectivity index is 1.63. The minimum atomic E-state index is -4.31. The monoisotopic (exact) mass is 458 g/mol. The number of hydrogen-bond donors (Lipinski definition) is 1. The number of aryl methyl sites for hydroxylation is 1. The largest absolute Gasteiger partial charge is 0.495 e. The molecule has 1 aliphatic heterocycles. The molecular formula is C21H22N4O6S. The second-order valence-corrected chi connectivity index (χ2v) is 8.66. The highest BCUT2D eigenvalue weighted by Crippen LogP contribution is 2.38. The second-order valence-electron chi connectivity index (χ2n) is 7.04. The summed E-state index contributed by atoms with van der Waals surface area (Å²) >= 11 is 0. The van der Waals surface area contributed by atoms with Gasteiger partial charge in [0.2, 0.25) is 5.88 Å². The number of fused-ring (bicyclic) bond motifs is 1. The molecule has 0 bridgehead atoms. The molecule has 10 nitrogen and oxygen atoms in total. The standard InChI is InChI=1S/C21H22N4O6S/c1-29-17-9-7-14-5-3-12-31-18(14)19(17)32(27,28)24-20(26)16-8-6-15(21(23-16)30-2)13-25-11-4-10-22-25/h4,6-11H,3,5,12-13H2,1-2H3,(H,24,26). The normalized spacial score (nSPS) is 13.1. The van der Waals surface area contributed by atoms with Gasteiger partial charge in [0.15, 0.2) is 4.90 Å². The fraction of sp³-hybridized carbons (Fsp3) is 0.286. The van der Waals surface area contributed by atoms with E-state index in [0.29, 0.717) is 25.1 Å². The molecule has 32 heavy (non-hydrogen) atoms. The van der Waals surface area contributed by atoms with Gasteiger partial charge in [-0.15, -0.1) is 0 Å². The van der Waals surface area contributed by atoms with E-state index in [1.807, 2.05) is 0 Å². The van der Waals surface area contributed by atoms with Crippen LogP contribution in [0.4, 0.5) is 0 Å². The molecular weight excluding hydrogens is 436 g/mol. The Morgan fingerprint density at radius 1 is 1.22 bits per heavy atom. The van der Waals surface area contributed by atoms with Gasteiger partial charge in [-0.05, 0) is 42.7 Å². The van der Waals surface area contributed by atoms with E-state index in [-0.39, 0.29) is 28.0 Å². The molecule has 1 amide bonds. The van der Waals surface area contributed by atoms with Crippen LogP contribution in [0.2, 0.25) is 0 Å². The van der Waals surface area contributed by atoms with Gasteiger partial charge < -0.3 is 14.2 Å². The van der Waals surface area contributed by atoms with Crippen LogP contribution in [0.5, 0.6) is 17.4 Å². The number of carbonyl (C=O) groups excluding carboxylic acids is 1. The minimum absolute atomic E-state index is 0.0889. The first-order chi connectivity index (χ1) is 15.4. The van der Waals surface area contributed by atoms with Crippen molar-refractivity contribution >= 4 is 15.9 Å². The van der Waals surface area contributed by atoms with Gasteiger partial charge >= 0.3 is 0 Å². The van der Waals surface area contributed by atoms with Crippen LogP contribution in [0.3, 0.4) is 0 Å². The number of pyridine rings is 1. The van der Waals surface area contributed by atoms with Crippen molar-refractivity contribution in [3.05, 3.63) is 59.5 Å². The van der Waals surface area contributed by atoms with Crippen molar-refractivity contribution in [2.75, 3.05) is 20.8 Å². The lowest BCUT2D eigenvalue weighted by Gasteiger charge is -2.22. The molecule has 0 unspecified atom stereocenters. The van der Waals surface area contributed by atoms with E-state index in [1.165, 1.54) is 20.3 Å². The third kappa shape index (κ3) is 4.24. The average molecular weight is 458 g/mol. The fourth-order valence-electron chi connectivity index (χ4n) is 3.48. The molecule has 0 saturated heterocycles. The highest BCUT2D eigenvalue weighted by Gasteiger charge is 2.31. The molecule has 2 aromatic heterocycles. The predicted octanol–water partition coefficient (Wildman–Crippen LogP) is 1.79. The Bertz CT molecular complexity index is 1240. The number of amides is 1. The number of rotatable bonds is 7. The van der Waals surface area contributed by atoms with E-state index < -0.39 is 15.9 Å². The second kappa shape index (κ2) is 8.87. The quantitative estimate of drug-likeness (QED) is 0.569. The molecule has 0 saturated carbocycles. The summed E-state index contributed by atoms with van der Waals surface area (Å²) in [5.41, 5.74) is 1.31. The maximum absolute atomic E-state index is 13.1. The van der Waals surface area contributed by atoms with Gasteiger partial charge in [-0.3, -0.25) is 9.48 Å². The van der Waals surface area contributed by atoms with Crippen LogP contribution in [-0.2, 0) is 23.0 Å². The van der Waals surface area contributed by atoms with Crippen molar-refractivity contribution in [2.24, 2.45) is 0 Å². The number of aromatic nitrogens is 3. The highest BCUT2D eigenvalue weighted by molar-refractivity contribution is 7.90. The number of hydrogen-bond acceptors (Lipinski definition) is 8. The molecule has 0 radical (unpaired) electrons. The van der Waals surface area contributed by atoms with Gasteiger partial charge in [0.05, 0.1) is 27.4 Å². The van der Waals surface area contributed by atoms with Crippen LogP contribution in [0.1, 0.15) is 28.0 Å². The minimum Gasteiger partial charge on any atom is -0.495 e. The van der Waals surface area contributed by atoms with Crippen molar-refractivity contribution in [2.45, 2.75) is 24.3 Å². The first kappa shape index (κ1) is 21.6.